The van der Waals surface area contributed by atoms with Crippen LogP contribution in [-0.2, 0) is 21.1 Å². The zero-order chi connectivity index (χ0) is 16.8. The van der Waals surface area contributed by atoms with Crippen molar-refractivity contribution in [1.82, 2.24) is 5.32 Å². The molecule has 0 saturated heterocycles. The molecule has 0 spiro atoms. The minimum Gasteiger partial charge on any atom is -0.352 e. The maximum absolute atomic E-state index is 12.3. The highest BCUT2D eigenvalue weighted by Crippen LogP contribution is 2.18. The van der Waals surface area contributed by atoms with Gasteiger partial charge in [0.15, 0.2) is 0 Å². The molecule has 0 saturated carbocycles. The quantitative estimate of drug-likeness (QED) is 0.663. The lowest BCUT2D eigenvalue weighted by Gasteiger charge is -2.19. The van der Waals surface area contributed by atoms with Gasteiger partial charge in [-0.15, -0.1) is 12.4 Å². The van der Waals surface area contributed by atoms with Gasteiger partial charge in [-0.05, 0) is 37.5 Å². The first-order chi connectivity index (χ1) is 10.2. The Kier molecular flexibility index (Phi) is 10.00. The van der Waals surface area contributed by atoms with Crippen molar-refractivity contribution in [2.24, 2.45) is 11.7 Å². The fraction of sp³-hybridized carbons (Fsp3) is 0.533. The van der Waals surface area contributed by atoms with Crippen LogP contribution in [-0.4, -0.2) is 38.9 Å². The van der Waals surface area contributed by atoms with Crippen molar-refractivity contribution in [3.63, 3.8) is 0 Å². The highest BCUT2D eigenvalue weighted by molar-refractivity contribution is 9.10. The zero-order valence-electron chi connectivity index (χ0n) is 13.3. The van der Waals surface area contributed by atoms with Gasteiger partial charge in [0.05, 0.1) is 5.75 Å². The van der Waals surface area contributed by atoms with Crippen molar-refractivity contribution in [2.75, 3.05) is 18.6 Å². The number of carbonyl (C=O) groups is 1. The first-order valence-corrected chi connectivity index (χ1v) is 9.99. The van der Waals surface area contributed by atoms with Gasteiger partial charge in [-0.2, -0.15) is 0 Å². The van der Waals surface area contributed by atoms with Crippen molar-refractivity contribution in [1.29, 1.82) is 0 Å². The monoisotopic (exact) mass is 426 g/mol. The fourth-order valence-corrected chi connectivity index (χ4v) is 3.21. The molecule has 0 aromatic heterocycles. The van der Waals surface area contributed by atoms with Crippen LogP contribution >= 0.6 is 28.3 Å². The Hall–Kier alpha value is -0.630. The maximum atomic E-state index is 12.3. The highest BCUT2D eigenvalue weighted by Gasteiger charge is 2.22. The molecule has 0 radical (unpaired) electrons. The summed E-state index contributed by atoms with van der Waals surface area (Å²) in [5.74, 6) is -0.546. The number of amides is 1. The van der Waals surface area contributed by atoms with Gasteiger partial charge in [-0.3, -0.25) is 4.79 Å². The minimum atomic E-state index is -3.10. The van der Waals surface area contributed by atoms with E-state index in [0.717, 1.165) is 10.0 Å². The van der Waals surface area contributed by atoms with Gasteiger partial charge >= 0.3 is 0 Å². The normalized spacial score (nSPS) is 13.7. The standard InChI is InChI=1S/C15H23BrN2O3S.ClH/c1-11(10-17)18-15(19)13(6-7-22(2,20)21)8-12-4-3-5-14(16)9-12;/h3-5,9,11,13H,6-8,10,17H2,1-2H3,(H,18,19);1H/t11-,13?;/m0./s1. The third-order valence-electron chi connectivity index (χ3n) is 3.32. The van der Waals surface area contributed by atoms with Crippen LogP contribution in [0, 0.1) is 5.92 Å². The smallest absolute Gasteiger partial charge is 0.223 e. The number of sulfone groups is 1. The number of carbonyl (C=O) groups excluding carboxylic acids is 1. The molecule has 1 aromatic carbocycles. The lowest BCUT2D eigenvalue weighted by molar-refractivity contribution is -0.125. The van der Waals surface area contributed by atoms with Crippen molar-refractivity contribution < 1.29 is 13.2 Å². The summed E-state index contributed by atoms with van der Waals surface area (Å²) in [5.41, 5.74) is 6.51. The maximum Gasteiger partial charge on any atom is 0.223 e. The summed E-state index contributed by atoms with van der Waals surface area (Å²) in [6.45, 7) is 2.17. The van der Waals surface area contributed by atoms with Gasteiger partial charge in [-0.25, -0.2) is 8.42 Å². The molecule has 132 valence electrons. The Labute approximate surface area is 152 Å². The van der Waals surface area contributed by atoms with Gasteiger partial charge < -0.3 is 11.1 Å². The number of halogens is 2. The van der Waals surface area contributed by atoms with E-state index in [0.29, 0.717) is 19.4 Å². The molecule has 1 rings (SSSR count). The molecule has 1 unspecified atom stereocenters. The molecule has 0 aliphatic carbocycles. The van der Waals surface area contributed by atoms with Crippen molar-refractivity contribution in [3.05, 3.63) is 34.3 Å². The van der Waals surface area contributed by atoms with E-state index in [-0.39, 0.29) is 30.1 Å². The second-order valence-corrected chi connectivity index (χ2v) is 8.77. The number of benzene rings is 1. The van der Waals surface area contributed by atoms with Gasteiger partial charge in [0.2, 0.25) is 5.91 Å². The largest absolute Gasteiger partial charge is 0.352 e. The second-order valence-electron chi connectivity index (χ2n) is 5.59. The molecule has 2 atom stereocenters. The van der Waals surface area contributed by atoms with E-state index < -0.39 is 15.8 Å². The number of nitrogens with one attached hydrogen (secondary N) is 1. The van der Waals surface area contributed by atoms with Crippen molar-refractivity contribution >= 4 is 44.1 Å². The summed E-state index contributed by atoms with van der Waals surface area (Å²) in [6, 6.07) is 7.54. The molecule has 0 heterocycles. The van der Waals surface area contributed by atoms with Crippen LogP contribution in [0.4, 0.5) is 0 Å². The number of hydrogen-bond acceptors (Lipinski definition) is 4. The summed E-state index contributed by atoms with van der Waals surface area (Å²) < 4.78 is 23.7. The van der Waals surface area contributed by atoms with E-state index >= 15 is 0 Å². The summed E-state index contributed by atoms with van der Waals surface area (Å²) in [4.78, 5) is 12.3. The van der Waals surface area contributed by atoms with Crippen LogP contribution in [0.25, 0.3) is 0 Å². The lowest BCUT2D eigenvalue weighted by Crippen LogP contribution is -2.42. The van der Waals surface area contributed by atoms with Crippen molar-refractivity contribution in [3.8, 4) is 0 Å². The third-order valence-corrected chi connectivity index (χ3v) is 4.79. The molecule has 0 fully saturated rings. The molecule has 0 aliphatic heterocycles. The molecule has 5 nitrogen and oxygen atoms in total. The molecular weight excluding hydrogens is 404 g/mol. The Balaban J connectivity index is 0.00000484. The molecule has 1 amide bonds. The molecule has 0 aliphatic rings. The van der Waals surface area contributed by atoms with Crippen LogP contribution in [0.5, 0.6) is 0 Å². The highest BCUT2D eigenvalue weighted by atomic mass is 79.9. The van der Waals surface area contributed by atoms with Crippen LogP contribution in [0.2, 0.25) is 0 Å². The van der Waals surface area contributed by atoms with Gasteiger partial charge in [0.25, 0.3) is 0 Å². The number of rotatable bonds is 8. The summed E-state index contributed by atoms with van der Waals surface area (Å²) >= 11 is 3.40. The SMILES string of the molecule is C[C@@H](CN)NC(=O)C(CCS(C)(=O)=O)Cc1cccc(Br)c1.Cl. The first-order valence-electron chi connectivity index (χ1n) is 7.14. The average molecular weight is 428 g/mol. The van der Waals surface area contributed by atoms with E-state index in [2.05, 4.69) is 21.2 Å². The second kappa shape index (κ2) is 10.3. The van der Waals surface area contributed by atoms with Crippen LogP contribution < -0.4 is 11.1 Å². The zero-order valence-corrected chi connectivity index (χ0v) is 16.5. The molecule has 3 N–H and O–H groups in total. The molecule has 0 bridgehead atoms. The summed E-state index contributed by atoms with van der Waals surface area (Å²) in [6.07, 6.45) is 1.98. The predicted octanol–water partition coefficient (Wildman–Crippen LogP) is 1.93. The summed E-state index contributed by atoms with van der Waals surface area (Å²) in [5, 5.41) is 2.83. The molecule has 8 heteroatoms. The first kappa shape index (κ1) is 22.4. The average Bonchev–Trinajstić information content (AvgIpc) is 2.42. The lowest BCUT2D eigenvalue weighted by atomic mass is 9.95. The molecule has 1 aromatic rings. The molecule has 23 heavy (non-hydrogen) atoms. The number of hydrogen-bond donors (Lipinski definition) is 2. The molecular formula is C15H24BrClN2O3S. The fourth-order valence-electron chi connectivity index (χ4n) is 2.05. The van der Waals surface area contributed by atoms with Crippen LogP contribution in [0.15, 0.2) is 28.7 Å². The van der Waals surface area contributed by atoms with Crippen molar-refractivity contribution in [2.45, 2.75) is 25.8 Å². The van der Waals surface area contributed by atoms with E-state index in [1.54, 1.807) is 0 Å². The van der Waals surface area contributed by atoms with E-state index in [4.69, 9.17) is 5.73 Å². The van der Waals surface area contributed by atoms with Gasteiger partial charge in [0, 0.05) is 29.2 Å². The van der Waals surface area contributed by atoms with Crippen LogP contribution in [0.3, 0.4) is 0 Å². The Bertz CT molecular complexity index is 610. The Morgan fingerprint density at radius 2 is 2.04 bits per heavy atom. The Morgan fingerprint density at radius 3 is 2.57 bits per heavy atom. The van der Waals surface area contributed by atoms with E-state index in [9.17, 15) is 13.2 Å². The van der Waals surface area contributed by atoms with Gasteiger partial charge in [-0.1, -0.05) is 28.1 Å². The van der Waals surface area contributed by atoms with Crippen LogP contribution in [0.1, 0.15) is 18.9 Å². The van der Waals surface area contributed by atoms with Gasteiger partial charge in [0.1, 0.15) is 9.84 Å². The van der Waals surface area contributed by atoms with E-state index in [1.807, 2.05) is 31.2 Å². The minimum absolute atomic E-state index is 0. The van der Waals surface area contributed by atoms with E-state index in [1.165, 1.54) is 6.26 Å². The Morgan fingerprint density at radius 1 is 1.39 bits per heavy atom. The topological polar surface area (TPSA) is 89.3 Å². The predicted molar refractivity (Wildman–Crippen MR) is 99.6 cm³/mol. The third kappa shape index (κ3) is 9.30. The number of nitrogens with two attached hydrogens (primary N) is 1. The summed E-state index contributed by atoms with van der Waals surface area (Å²) in [7, 11) is -3.10.